The zero-order valence-electron chi connectivity index (χ0n) is 8.50. The molecule has 14 heavy (non-hydrogen) atoms. The maximum atomic E-state index is 6.04. The van der Waals surface area contributed by atoms with Gasteiger partial charge in [0, 0.05) is 24.5 Å². The first kappa shape index (κ1) is 9.71. The molecular weight excluding hydrogens is 198 g/mol. The van der Waals surface area contributed by atoms with Gasteiger partial charge in [-0.05, 0) is 26.3 Å². The van der Waals surface area contributed by atoms with Gasteiger partial charge in [-0.1, -0.05) is 0 Å². The lowest BCUT2D eigenvalue weighted by Crippen LogP contribution is -2.22. The smallest absolute Gasteiger partial charge is 0.225 e. The predicted octanol–water partition coefficient (Wildman–Crippen LogP) is 1.91. The summed E-state index contributed by atoms with van der Waals surface area (Å²) in [4.78, 5) is 11.0. The summed E-state index contributed by atoms with van der Waals surface area (Å²) >= 11 is 6.04. The minimum Gasteiger partial charge on any atom is -0.339 e. The van der Waals surface area contributed by atoms with Crippen LogP contribution in [-0.2, 0) is 0 Å². The zero-order valence-corrected chi connectivity index (χ0v) is 9.25. The lowest BCUT2D eigenvalue weighted by Gasteiger charge is -2.15. The number of hydrogen-bond donors (Lipinski definition) is 0. The molecule has 4 heteroatoms. The molecule has 0 amide bonds. The summed E-state index contributed by atoms with van der Waals surface area (Å²) in [5.41, 5.74) is 2.04. The average molecular weight is 212 g/mol. The van der Waals surface area contributed by atoms with Crippen LogP contribution in [0.2, 0.25) is 0 Å². The predicted molar refractivity (Wildman–Crippen MR) is 58.0 cm³/mol. The van der Waals surface area contributed by atoms with E-state index in [1.54, 1.807) is 0 Å². The fraction of sp³-hybridized carbons (Fsp3) is 0.600. The molecule has 1 unspecified atom stereocenters. The number of halogens is 1. The summed E-state index contributed by atoms with van der Waals surface area (Å²) in [5, 5.41) is 0.249. The Balaban J connectivity index is 2.23. The van der Waals surface area contributed by atoms with E-state index in [4.69, 9.17) is 11.6 Å². The molecule has 1 aromatic rings. The first-order valence-electron chi connectivity index (χ1n) is 4.86. The number of rotatable bonds is 1. The number of hydrogen-bond acceptors (Lipinski definition) is 3. The zero-order chi connectivity index (χ0) is 10.1. The Morgan fingerprint density at radius 1 is 1.36 bits per heavy atom. The van der Waals surface area contributed by atoms with Crippen molar-refractivity contribution in [3.63, 3.8) is 0 Å². The second-order valence-corrected chi connectivity index (χ2v) is 4.40. The van der Waals surface area contributed by atoms with Gasteiger partial charge in [-0.3, -0.25) is 0 Å². The molecule has 0 spiro atoms. The summed E-state index contributed by atoms with van der Waals surface area (Å²) in [6.45, 7) is 5.82. The Labute approximate surface area is 89.1 Å². The van der Waals surface area contributed by atoms with Crippen molar-refractivity contribution in [3.8, 4) is 0 Å². The Kier molecular flexibility index (Phi) is 2.59. The Morgan fingerprint density at radius 3 is 2.50 bits per heavy atom. The molecule has 0 bridgehead atoms. The lowest BCUT2D eigenvalue weighted by molar-refractivity contribution is 0.879. The van der Waals surface area contributed by atoms with E-state index in [1.165, 1.54) is 0 Å². The first-order chi connectivity index (χ1) is 6.65. The lowest BCUT2D eigenvalue weighted by atomic mass is 10.3. The minimum atomic E-state index is 0.249. The molecular formula is C10H14ClN3. The van der Waals surface area contributed by atoms with Gasteiger partial charge in [0.15, 0.2) is 0 Å². The third-order valence-electron chi connectivity index (χ3n) is 2.38. The fourth-order valence-electron chi connectivity index (χ4n) is 1.75. The fourth-order valence-corrected chi connectivity index (χ4v) is 2.01. The van der Waals surface area contributed by atoms with Gasteiger partial charge in [-0.25, -0.2) is 9.97 Å². The highest BCUT2D eigenvalue weighted by atomic mass is 35.5. The van der Waals surface area contributed by atoms with Crippen LogP contribution in [0, 0.1) is 13.8 Å². The molecule has 0 radical (unpaired) electrons. The summed E-state index contributed by atoms with van der Waals surface area (Å²) in [5.74, 6) is 0.825. The van der Waals surface area contributed by atoms with E-state index in [0.717, 1.165) is 36.8 Å². The summed E-state index contributed by atoms with van der Waals surface area (Å²) in [7, 11) is 0. The quantitative estimate of drug-likeness (QED) is 0.665. The van der Waals surface area contributed by atoms with E-state index in [9.17, 15) is 0 Å². The van der Waals surface area contributed by atoms with Crippen molar-refractivity contribution in [1.82, 2.24) is 9.97 Å². The molecule has 1 atom stereocenters. The number of alkyl halides is 1. The van der Waals surface area contributed by atoms with Crippen molar-refractivity contribution in [1.29, 1.82) is 0 Å². The normalized spacial score (nSPS) is 21.6. The van der Waals surface area contributed by atoms with Gasteiger partial charge in [-0.2, -0.15) is 0 Å². The van der Waals surface area contributed by atoms with Crippen LogP contribution in [0.3, 0.4) is 0 Å². The van der Waals surface area contributed by atoms with Crippen molar-refractivity contribution in [3.05, 3.63) is 17.5 Å². The number of nitrogens with zero attached hydrogens (tertiary/aromatic N) is 3. The summed E-state index contributed by atoms with van der Waals surface area (Å²) < 4.78 is 0. The Hall–Kier alpha value is -0.830. The van der Waals surface area contributed by atoms with E-state index >= 15 is 0 Å². The molecule has 1 aromatic heterocycles. The largest absolute Gasteiger partial charge is 0.339 e. The minimum absolute atomic E-state index is 0.249. The number of aryl methyl sites for hydroxylation is 2. The molecule has 76 valence electrons. The molecule has 1 aliphatic rings. The molecule has 1 fully saturated rings. The highest BCUT2D eigenvalue weighted by Gasteiger charge is 2.22. The Bertz CT molecular complexity index is 320. The average Bonchev–Trinajstić information content (AvgIpc) is 2.50. The molecule has 0 saturated carbocycles. The molecule has 1 aliphatic heterocycles. The van der Waals surface area contributed by atoms with E-state index in [-0.39, 0.29) is 5.38 Å². The molecule has 0 N–H and O–H groups in total. The van der Waals surface area contributed by atoms with Crippen LogP contribution in [0.25, 0.3) is 0 Å². The van der Waals surface area contributed by atoms with Gasteiger partial charge in [-0.15, -0.1) is 11.6 Å². The van der Waals surface area contributed by atoms with Crippen LogP contribution in [0.1, 0.15) is 17.8 Å². The first-order valence-corrected chi connectivity index (χ1v) is 5.30. The van der Waals surface area contributed by atoms with Crippen molar-refractivity contribution >= 4 is 17.5 Å². The summed E-state index contributed by atoms with van der Waals surface area (Å²) in [6, 6.07) is 1.98. The number of aromatic nitrogens is 2. The monoisotopic (exact) mass is 211 g/mol. The van der Waals surface area contributed by atoms with Crippen LogP contribution < -0.4 is 4.90 Å². The van der Waals surface area contributed by atoms with Crippen LogP contribution in [0.15, 0.2) is 6.07 Å². The van der Waals surface area contributed by atoms with Crippen molar-refractivity contribution < 1.29 is 0 Å². The van der Waals surface area contributed by atoms with Gasteiger partial charge >= 0.3 is 0 Å². The Morgan fingerprint density at radius 2 is 2.00 bits per heavy atom. The standard InChI is InChI=1S/C10H14ClN3/c1-7-5-8(2)13-10(12-7)14-4-3-9(11)6-14/h5,9H,3-4,6H2,1-2H3. The van der Waals surface area contributed by atoms with E-state index in [2.05, 4.69) is 14.9 Å². The molecule has 2 heterocycles. The van der Waals surface area contributed by atoms with Crippen molar-refractivity contribution in [2.24, 2.45) is 0 Å². The molecule has 3 nitrogen and oxygen atoms in total. The molecule has 0 aromatic carbocycles. The van der Waals surface area contributed by atoms with Crippen LogP contribution >= 0.6 is 11.6 Å². The maximum Gasteiger partial charge on any atom is 0.225 e. The SMILES string of the molecule is Cc1cc(C)nc(N2CCC(Cl)C2)n1. The topological polar surface area (TPSA) is 29.0 Å². The van der Waals surface area contributed by atoms with Gasteiger partial charge in [0.25, 0.3) is 0 Å². The highest BCUT2D eigenvalue weighted by Crippen LogP contribution is 2.19. The van der Waals surface area contributed by atoms with Crippen molar-refractivity contribution in [2.75, 3.05) is 18.0 Å². The van der Waals surface area contributed by atoms with E-state index in [0.29, 0.717) is 0 Å². The second kappa shape index (κ2) is 3.73. The third kappa shape index (κ3) is 1.98. The molecule has 1 saturated heterocycles. The van der Waals surface area contributed by atoms with Crippen LogP contribution in [-0.4, -0.2) is 28.4 Å². The number of anilines is 1. The summed E-state index contributed by atoms with van der Waals surface area (Å²) in [6.07, 6.45) is 1.03. The van der Waals surface area contributed by atoms with Crippen LogP contribution in [0.5, 0.6) is 0 Å². The van der Waals surface area contributed by atoms with E-state index < -0.39 is 0 Å². The molecule has 0 aliphatic carbocycles. The third-order valence-corrected chi connectivity index (χ3v) is 2.74. The van der Waals surface area contributed by atoms with Crippen LogP contribution in [0.4, 0.5) is 5.95 Å². The van der Waals surface area contributed by atoms with Gasteiger partial charge in [0.05, 0.1) is 5.38 Å². The van der Waals surface area contributed by atoms with E-state index in [1.807, 2.05) is 19.9 Å². The maximum absolute atomic E-state index is 6.04. The van der Waals surface area contributed by atoms with Gasteiger partial charge < -0.3 is 4.90 Å². The second-order valence-electron chi connectivity index (χ2n) is 3.78. The molecule has 2 rings (SSSR count). The van der Waals surface area contributed by atoms with Crippen molar-refractivity contribution in [2.45, 2.75) is 25.6 Å². The van der Waals surface area contributed by atoms with Gasteiger partial charge in [0.2, 0.25) is 5.95 Å². The van der Waals surface area contributed by atoms with Gasteiger partial charge in [0.1, 0.15) is 0 Å². The highest BCUT2D eigenvalue weighted by molar-refractivity contribution is 6.21.